The van der Waals surface area contributed by atoms with Gasteiger partial charge in [-0.05, 0) is 18.2 Å². The minimum atomic E-state index is -3.35. The number of fused-ring (bicyclic) bond motifs is 1. The molecule has 0 aliphatic rings. The van der Waals surface area contributed by atoms with Crippen LogP contribution in [0.25, 0.3) is 11.0 Å². The maximum absolute atomic E-state index is 11.8. The molecule has 21 heavy (non-hydrogen) atoms. The number of hydrogen-bond acceptors (Lipinski definition) is 5. The Bertz CT molecular complexity index is 923. The van der Waals surface area contributed by atoms with Crippen molar-refractivity contribution in [1.29, 1.82) is 0 Å². The highest BCUT2D eigenvalue weighted by Crippen LogP contribution is 2.25. The fraction of sp³-hybridized carbons (Fsp3) is 0.231. The first-order valence-electron chi connectivity index (χ1n) is 6.29. The maximum Gasteiger partial charge on any atom is 0.201 e. The molecule has 3 aromatic rings. The number of para-hydroxylation sites is 1. The topological polar surface area (TPSA) is 95.8 Å². The van der Waals surface area contributed by atoms with Crippen LogP contribution in [0.1, 0.15) is 5.69 Å². The van der Waals surface area contributed by atoms with Crippen molar-refractivity contribution < 1.29 is 8.42 Å². The van der Waals surface area contributed by atoms with E-state index in [1.165, 1.54) is 0 Å². The maximum atomic E-state index is 11.8. The van der Waals surface area contributed by atoms with Gasteiger partial charge in [0.1, 0.15) is 5.52 Å². The smallest absolute Gasteiger partial charge is 0.201 e. The van der Waals surface area contributed by atoms with Crippen LogP contribution in [0.15, 0.2) is 35.4 Å². The molecule has 2 aromatic heterocycles. The van der Waals surface area contributed by atoms with E-state index in [-0.39, 0.29) is 10.8 Å². The van der Waals surface area contributed by atoms with E-state index in [0.717, 1.165) is 11.9 Å². The van der Waals surface area contributed by atoms with Crippen molar-refractivity contribution in [3.63, 3.8) is 0 Å². The highest BCUT2D eigenvalue weighted by molar-refractivity contribution is 7.91. The first-order valence-corrected chi connectivity index (χ1v) is 8.19. The average molecular weight is 305 g/mol. The van der Waals surface area contributed by atoms with Gasteiger partial charge in [-0.15, -0.1) is 0 Å². The monoisotopic (exact) mass is 305 g/mol. The number of sulfone groups is 1. The zero-order chi connectivity index (χ0) is 15.2. The van der Waals surface area contributed by atoms with Crippen LogP contribution >= 0.6 is 0 Å². The lowest BCUT2D eigenvalue weighted by molar-refractivity contribution is 0.602. The number of nitrogens with two attached hydrogens (primary N) is 1. The SMILES string of the molecule is Cn1nccc1Cn1c(N)nc2c(S(C)(=O)=O)cccc21. The van der Waals surface area contributed by atoms with Gasteiger partial charge in [0.05, 0.1) is 22.7 Å². The fourth-order valence-electron chi connectivity index (χ4n) is 2.32. The van der Waals surface area contributed by atoms with Gasteiger partial charge in [0.15, 0.2) is 9.84 Å². The second-order valence-corrected chi connectivity index (χ2v) is 6.88. The number of aryl methyl sites for hydroxylation is 1. The summed E-state index contributed by atoms with van der Waals surface area (Å²) in [6, 6.07) is 6.92. The van der Waals surface area contributed by atoms with Crippen molar-refractivity contribution in [2.45, 2.75) is 11.4 Å². The Hall–Kier alpha value is -2.35. The zero-order valence-corrected chi connectivity index (χ0v) is 12.5. The number of imidazole rings is 1. The normalized spacial score (nSPS) is 12.1. The van der Waals surface area contributed by atoms with Crippen molar-refractivity contribution in [3.05, 3.63) is 36.2 Å². The predicted molar refractivity (Wildman–Crippen MR) is 79.6 cm³/mol. The van der Waals surface area contributed by atoms with Crippen LogP contribution in [-0.4, -0.2) is 34.0 Å². The Labute approximate surface area is 121 Å². The van der Waals surface area contributed by atoms with Gasteiger partial charge in [0.25, 0.3) is 0 Å². The summed E-state index contributed by atoms with van der Waals surface area (Å²) in [5.74, 6) is 0.280. The number of anilines is 1. The first kappa shape index (κ1) is 13.6. The molecule has 7 nitrogen and oxygen atoms in total. The molecule has 0 amide bonds. The third-order valence-electron chi connectivity index (χ3n) is 3.41. The van der Waals surface area contributed by atoms with Crippen molar-refractivity contribution in [1.82, 2.24) is 19.3 Å². The predicted octanol–water partition coefficient (Wildman–Crippen LogP) is 0.804. The van der Waals surface area contributed by atoms with E-state index in [2.05, 4.69) is 10.1 Å². The molecule has 2 N–H and O–H groups in total. The minimum absolute atomic E-state index is 0.190. The first-order chi connectivity index (χ1) is 9.88. The Morgan fingerprint density at radius 1 is 1.29 bits per heavy atom. The molecule has 0 fully saturated rings. The van der Waals surface area contributed by atoms with Gasteiger partial charge in [-0.3, -0.25) is 4.68 Å². The molecule has 0 radical (unpaired) electrons. The second kappa shape index (κ2) is 4.59. The van der Waals surface area contributed by atoms with Gasteiger partial charge in [-0.2, -0.15) is 5.10 Å². The molecule has 1 aromatic carbocycles. The van der Waals surface area contributed by atoms with E-state index in [1.807, 2.05) is 19.2 Å². The van der Waals surface area contributed by atoms with Crippen LogP contribution in [0.2, 0.25) is 0 Å². The molecule has 0 unspecified atom stereocenters. The summed E-state index contributed by atoms with van der Waals surface area (Å²) in [6.07, 6.45) is 2.87. The number of aromatic nitrogens is 4. The van der Waals surface area contributed by atoms with E-state index < -0.39 is 9.84 Å². The molecule has 0 saturated heterocycles. The van der Waals surface area contributed by atoms with Gasteiger partial charge in [-0.1, -0.05) is 6.07 Å². The molecule has 110 valence electrons. The third kappa shape index (κ3) is 2.27. The molecular formula is C13H15N5O2S. The lowest BCUT2D eigenvalue weighted by atomic mass is 10.3. The Morgan fingerprint density at radius 3 is 2.67 bits per heavy atom. The standard InChI is InChI=1S/C13H15N5O2S/c1-17-9(6-7-15-17)8-18-10-4-3-5-11(21(2,19)20)12(10)16-13(18)14/h3-7H,8H2,1-2H3,(H2,14,16). The summed E-state index contributed by atoms with van der Waals surface area (Å²) in [6.45, 7) is 0.478. The number of rotatable bonds is 3. The molecule has 8 heteroatoms. The molecule has 0 aliphatic heterocycles. The van der Waals surface area contributed by atoms with E-state index in [0.29, 0.717) is 17.6 Å². The average Bonchev–Trinajstić information content (AvgIpc) is 2.93. The lowest BCUT2D eigenvalue weighted by Crippen LogP contribution is -2.08. The van der Waals surface area contributed by atoms with Crippen LogP contribution in [0.3, 0.4) is 0 Å². The van der Waals surface area contributed by atoms with E-state index >= 15 is 0 Å². The highest BCUT2D eigenvalue weighted by atomic mass is 32.2. The van der Waals surface area contributed by atoms with E-state index in [9.17, 15) is 8.42 Å². The largest absolute Gasteiger partial charge is 0.369 e. The summed E-state index contributed by atoms with van der Waals surface area (Å²) in [5, 5.41) is 4.11. The molecule has 0 atom stereocenters. The van der Waals surface area contributed by atoms with E-state index in [4.69, 9.17) is 5.73 Å². The number of nitrogen functional groups attached to an aromatic ring is 1. The summed E-state index contributed by atoms with van der Waals surface area (Å²) in [4.78, 5) is 4.41. The quantitative estimate of drug-likeness (QED) is 0.772. The fourth-order valence-corrected chi connectivity index (χ4v) is 3.15. The number of hydrogen-bond donors (Lipinski definition) is 1. The number of nitrogens with zero attached hydrogens (tertiary/aromatic N) is 4. The summed E-state index contributed by atoms with van der Waals surface area (Å²) >= 11 is 0. The van der Waals surface area contributed by atoms with Gasteiger partial charge < -0.3 is 10.3 Å². The van der Waals surface area contributed by atoms with E-state index in [1.54, 1.807) is 27.6 Å². The van der Waals surface area contributed by atoms with Crippen LogP contribution in [0.4, 0.5) is 5.95 Å². The van der Waals surface area contributed by atoms with Crippen LogP contribution in [-0.2, 0) is 23.4 Å². The molecule has 2 heterocycles. The molecule has 0 bridgehead atoms. The van der Waals surface area contributed by atoms with Crippen LogP contribution < -0.4 is 5.73 Å². The summed E-state index contributed by atoms with van der Waals surface area (Å²) in [7, 11) is -1.51. The summed E-state index contributed by atoms with van der Waals surface area (Å²) in [5.41, 5.74) is 8.00. The van der Waals surface area contributed by atoms with Crippen molar-refractivity contribution >= 4 is 26.8 Å². The van der Waals surface area contributed by atoms with Crippen molar-refractivity contribution in [2.24, 2.45) is 7.05 Å². The van der Waals surface area contributed by atoms with Crippen LogP contribution in [0.5, 0.6) is 0 Å². The zero-order valence-electron chi connectivity index (χ0n) is 11.7. The molecule has 3 rings (SSSR count). The number of benzene rings is 1. The summed E-state index contributed by atoms with van der Waals surface area (Å²) < 4.78 is 27.2. The Morgan fingerprint density at radius 2 is 2.05 bits per heavy atom. The van der Waals surface area contributed by atoms with Gasteiger partial charge in [0.2, 0.25) is 5.95 Å². The highest BCUT2D eigenvalue weighted by Gasteiger charge is 2.18. The molecule has 0 spiro atoms. The lowest BCUT2D eigenvalue weighted by Gasteiger charge is -2.07. The van der Waals surface area contributed by atoms with Gasteiger partial charge in [0, 0.05) is 19.5 Å². The third-order valence-corrected chi connectivity index (χ3v) is 4.54. The molecule has 0 saturated carbocycles. The van der Waals surface area contributed by atoms with Crippen molar-refractivity contribution in [2.75, 3.05) is 12.0 Å². The van der Waals surface area contributed by atoms with Gasteiger partial charge >= 0.3 is 0 Å². The Balaban J connectivity index is 2.21. The van der Waals surface area contributed by atoms with Gasteiger partial charge in [-0.25, -0.2) is 13.4 Å². The molecular weight excluding hydrogens is 290 g/mol. The van der Waals surface area contributed by atoms with Crippen molar-refractivity contribution in [3.8, 4) is 0 Å². The minimum Gasteiger partial charge on any atom is -0.369 e. The second-order valence-electron chi connectivity index (χ2n) is 4.90. The van der Waals surface area contributed by atoms with Crippen LogP contribution in [0, 0.1) is 0 Å². The Kier molecular flexibility index (Phi) is 2.98. The molecule has 0 aliphatic carbocycles.